The average Bonchev–Trinajstić information content (AvgIpc) is 2.49. The van der Waals surface area contributed by atoms with Crippen LogP contribution in [0.5, 0.6) is 0 Å². The zero-order valence-corrected chi connectivity index (χ0v) is 15.2. The van der Waals surface area contributed by atoms with Gasteiger partial charge >= 0.3 is 0 Å². The van der Waals surface area contributed by atoms with Crippen molar-refractivity contribution in [2.45, 2.75) is 39.7 Å². The summed E-state index contributed by atoms with van der Waals surface area (Å²) >= 11 is 12.1. The number of hydrogen-bond donors (Lipinski definition) is 2. The van der Waals surface area contributed by atoms with Crippen LogP contribution in [0, 0.1) is 6.92 Å². The van der Waals surface area contributed by atoms with Gasteiger partial charge in [0, 0.05) is 28.7 Å². The summed E-state index contributed by atoms with van der Waals surface area (Å²) in [6.07, 6.45) is 1.84. The molecule has 1 aromatic carbocycles. The van der Waals surface area contributed by atoms with Gasteiger partial charge in [-0.25, -0.2) is 9.97 Å². The lowest BCUT2D eigenvalue weighted by atomic mass is 10.1. The first-order valence-corrected chi connectivity index (χ1v) is 8.53. The van der Waals surface area contributed by atoms with E-state index in [1.54, 1.807) is 6.07 Å². The predicted octanol–water partition coefficient (Wildman–Crippen LogP) is 4.96. The van der Waals surface area contributed by atoms with Crippen LogP contribution in [0.4, 0.5) is 11.6 Å². The van der Waals surface area contributed by atoms with E-state index < -0.39 is 0 Å². The minimum Gasteiger partial charge on any atom is -0.370 e. The van der Waals surface area contributed by atoms with Crippen LogP contribution in [0.3, 0.4) is 0 Å². The van der Waals surface area contributed by atoms with E-state index in [-0.39, 0.29) is 0 Å². The Hall–Kier alpha value is -1.52. The van der Waals surface area contributed by atoms with Gasteiger partial charge in [-0.1, -0.05) is 36.2 Å². The second-order valence-electron chi connectivity index (χ2n) is 5.55. The van der Waals surface area contributed by atoms with E-state index in [2.05, 4.69) is 34.4 Å². The normalized spacial score (nSPS) is 12.0. The van der Waals surface area contributed by atoms with E-state index in [0.717, 1.165) is 42.4 Å². The Bertz CT molecular complexity index is 661. The van der Waals surface area contributed by atoms with E-state index in [1.807, 2.05) is 25.1 Å². The molecule has 0 saturated heterocycles. The lowest BCUT2D eigenvalue weighted by molar-refractivity contribution is 0.757. The number of nitrogens with one attached hydrogen (secondary N) is 2. The standard InChI is InChI=1S/C17H22Cl2N4/c1-4-11(2)21-17-10-16(22-12(3)23-17)20-8-7-13-5-6-14(18)9-15(13)19/h5-6,9-11H,4,7-8H2,1-3H3,(H2,20,21,22,23). The number of hydrogen-bond acceptors (Lipinski definition) is 4. The summed E-state index contributed by atoms with van der Waals surface area (Å²) < 4.78 is 0. The molecule has 0 aliphatic carbocycles. The molecule has 4 nitrogen and oxygen atoms in total. The number of benzene rings is 1. The summed E-state index contributed by atoms with van der Waals surface area (Å²) in [4.78, 5) is 8.83. The van der Waals surface area contributed by atoms with Crippen molar-refractivity contribution in [2.75, 3.05) is 17.2 Å². The molecule has 0 radical (unpaired) electrons. The van der Waals surface area contributed by atoms with Crippen molar-refractivity contribution in [1.29, 1.82) is 0 Å². The van der Waals surface area contributed by atoms with Gasteiger partial charge < -0.3 is 10.6 Å². The van der Waals surface area contributed by atoms with Gasteiger partial charge in [0.1, 0.15) is 17.5 Å². The minimum absolute atomic E-state index is 0.380. The molecule has 23 heavy (non-hydrogen) atoms. The molecule has 0 bridgehead atoms. The van der Waals surface area contributed by atoms with Crippen molar-refractivity contribution >= 4 is 34.8 Å². The van der Waals surface area contributed by atoms with Crippen LogP contribution in [-0.4, -0.2) is 22.6 Å². The monoisotopic (exact) mass is 352 g/mol. The fourth-order valence-corrected chi connectivity index (χ4v) is 2.64. The van der Waals surface area contributed by atoms with Gasteiger partial charge in [0.05, 0.1) is 0 Å². The summed E-state index contributed by atoms with van der Waals surface area (Å²) in [5, 5.41) is 8.04. The minimum atomic E-state index is 0.380. The highest BCUT2D eigenvalue weighted by atomic mass is 35.5. The fourth-order valence-electron chi connectivity index (χ4n) is 2.14. The average molecular weight is 353 g/mol. The SMILES string of the molecule is CCC(C)Nc1cc(NCCc2ccc(Cl)cc2Cl)nc(C)n1. The van der Waals surface area contributed by atoms with E-state index in [1.165, 1.54) is 0 Å². The fraction of sp³-hybridized carbons (Fsp3) is 0.412. The zero-order chi connectivity index (χ0) is 16.8. The topological polar surface area (TPSA) is 49.8 Å². The lowest BCUT2D eigenvalue weighted by Crippen LogP contribution is -2.16. The van der Waals surface area contributed by atoms with Gasteiger partial charge in [-0.3, -0.25) is 0 Å². The highest BCUT2D eigenvalue weighted by Crippen LogP contribution is 2.21. The quantitative estimate of drug-likeness (QED) is 0.739. The van der Waals surface area contributed by atoms with Crippen LogP contribution < -0.4 is 10.6 Å². The Morgan fingerprint density at radius 3 is 2.57 bits per heavy atom. The van der Waals surface area contributed by atoms with Gasteiger partial charge in [0.25, 0.3) is 0 Å². The van der Waals surface area contributed by atoms with Crippen molar-refractivity contribution in [3.05, 3.63) is 45.7 Å². The highest BCUT2D eigenvalue weighted by molar-refractivity contribution is 6.35. The Labute approximate surface area is 147 Å². The van der Waals surface area contributed by atoms with Crippen LogP contribution in [0.25, 0.3) is 0 Å². The third-order valence-corrected chi connectivity index (χ3v) is 4.15. The molecular formula is C17H22Cl2N4. The number of halogens is 2. The van der Waals surface area contributed by atoms with Crippen LogP contribution in [0.1, 0.15) is 31.7 Å². The van der Waals surface area contributed by atoms with Crippen molar-refractivity contribution < 1.29 is 0 Å². The highest BCUT2D eigenvalue weighted by Gasteiger charge is 2.05. The van der Waals surface area contributed by atoms with Crippen molar-refractivity contribution in [1.82, 2.24) is 9.97 Å². The number of aryl methyl sites for hydroxylation is 1. The lowest BCUT2D eigenvalue weighted by Gasteiger charge is -2.14. The molecule has 2 rings (SSSR count). The molecule has 0 fully saturated rings. The molecule has 0 saturated carbocycles. The summed E-state index contributed by atoms with van der Waals surface area (Å²) in [5.74, 6) is 2.40. The first-order valence-electron chi connectivity index (χ1n) is 7.78. The molecular weight excluding hydrogens is 331 g/mol. The zero-order valence-electron chi connectivity index (χ0n) is 13.7. The maximum absolute atomic E-state index is 6.19. The van der Waals surface area contributed by atoms with Crippen LogP contribution in [0.2, 0.25) is 10.0 Å². The second-order valence-corrected chi connectivity index (χ2v) is 6.40. The van der Waals surface area contributed by atoms with E-state index >= 15 is 0 Å². The van der Waals surface area contributed by atoms with Gasteiger partial charge in [-0.15, -0.1) is 0 Å². The molecule has 2 aromatic rings. The molecule has 124 valence electrons. The van der Waals surface area contributed by atoms with Crippen LogP contribution in [-0.2, 0) is 6.42 Å². The molecule has 0 aliphatic heterocycles. The summed E-state index contributed by atoms with van der Waals surface area (Å²) in [6.45, 7) is 6.90. The maximum atomic E-state index is 6.19. The molecule has 0 aliphatic rings. The molecule has 1 atom stereocenters. The third-order valence-electron chi connectivity index (χ3n) is 3.56. The first-order chi connectivity index (χ1) is 11.0. The van der Waals surface area contributed by atoms with E-state index in [4.69, 9.17) is 23.2 Å². The smallest absolute Gasteiger partial charge is 0.132 e. The first kappa shape index (κ1) is 17.8. The number of anilines is 2. The maximum Gasteiger partial charge on any atom is 0.132 e. The number of rotatable bonds is 7. The summed E-state index contributed by atoms with van der Waals surface area (Å²) in [6, 6.07) is 7.88. The Morgan fingerprint density at radius 2 is 1.87 bits per heavy atom. The molecule has 0 amide bonds. The second kappa shape index (κ2) is 8.37. The van der Waals surface area contributed by atoms with Gasteiger partial charge in [0.2, 0.25) is 0 Å². The molecule has 1 aromatic heterocycles. The van der Waals surface area contributed by atoms with Crippen LogP contribution in [0.15, 0.2) is 24.3 Å². The third kappa shape index (κ3) is 5.56. The molecule has 1 heterocycles. The van der Waals surface area contributed by atoms with Crippen molar-refractivity contribution in [2.24, 2.45) is 0 Å². The number of nitrogens with zero attached hydrogens (tertiary/aromatic N) is 2. The van der Waals surface area contributed by atoms with Crippen molar-refractivity contribution in [3.8, 4) is 0 Å². The van der Waals surface area contributed by atoms with E-state index in [0.29, 0.717) is 16.1 Å². The van der Waals surface area contributed by atoms with Crippen LogP contribution >= 0.6 is 23.2 Å². The molecule has 0 spiro atoms. The van der Waals surface area contributed by atoms with E-state index in [9.17, 15) is 0 Å². The molecule has 6 heteroatoms. The van der Waals surface area contributed by atoms with Gasteiger partial charge in [0.15, 0.2) is 0 Å². The van der Waals surface area contributed by atoms with Gasteiger partial charge in [-0.2, -0.15) is 0 Å². The van der Waals surface area contributed by atoms with Crippen molar-refractivity contribution in [3.63, 3.8) is 0 Å². The summed E-state index contributed by atoms with van der Waals surface area (Å²) in [7, 11) is 0. The largest absolute Gasteiger partial charge is 0.370 e. The Balaban J connectivity index is 1.97. The molecule has 2 N–H and O–H groups in total. The number of aromatic nitrogens is 2. The Morgan fingerprint density at radius 1 is 1.13 bits per heavy atom. The summed E-state index contributed by atoms with van der Waals surface area (Å²) in [5.41, 5.74) is 1.06. The Kier molecular flexibility index (Phi) is 6.48. The molecule has 1 unspecified atom stereocenters. The predicted molar refractivity (Wildman–Crippen MR) is 98.8 cm³/mol. The van der Waals surface area contributed by atoms with Gasteiger partial charge in [-0.05, 0) is 44.4 Å².